The van der Waals surface area contributed by atoms with Crippen molar-refractivity contribution in [2.75, 3.05) is 6.54 Å². The Morgan fingerprint density at radius 2 is 1.88 bits per heavy atom. The maximum atomic E-state index is 13.1. The van der Waals surface area contributed by atoms with E-state index in [9.17, 15) is 19.5 Å². The van der Waals surface area contributed by atoms with Crippen molar-refractivity contribution in [3.8, 4) is 11.1 Å². The summed E-state index contributed by atoms with van der Waals surface area (Å²) in [5.41, 5.74) is 5.38. The lowest BCUT2D eigenvalue weighted by Gasteiger charge is -2.34. The number of carbonyl (C=O) groups excluding carboxylic acids is 2. The number of urea groups is 1. The number of nitrogens with one attached hydrogen (secondary N) is 2. The Bertz CT molecular complexity index is 1490. The summed E-state index contributed by atoms with van der Waals surface area (Å²) in [6.45, 7) is 10.6. The summed E-state index contributed by atoms with van der Waals surface area (Å²) in [6, 6.07) is 9.13. The minimum absolute atomic E-state index is 0.0569. The van der Waals surface area contributed by atoms with Gasteiger partial charge in [0.25, 0.3) is 0 Å². The highest BCUT2D eigenvalue weighted by Crippen LogP contribution is 2.47. The Kier molecular flexibility index (Phi) is 7.12. The van der Waals surface area contributed by atoms with Gasteiger partial charge in [-0.1, -0.05) is 29.4 Å². The van der Waals surface area contributed by atoms with Gasteiger partial charge < -0.3 is 25.2 Å². The van der Waals surface area contributed by atoms with Crippen molar-refractivity contribution in [2.24, 2.45) is 5.92 Å². The predicted molar refractivity (Wildman–Crippen MR) is 148 cm³/mol. The summed E-state index contributed by atoms with van der Waals surface area (Å²) in [6.07, 6.45) is 1.28. The van der Waals surface area contributed by atoms with Crippen molar-refractivity contribution in [3.05, 3.63) is 69.9 Å². The smallest absolute Gasteiger partial charge is 0.335 e. The molecule has 1 saturated carbocycles. The van der Waals surface area contributed by atoms with Crippen LogP contribution < -0.4 is 10.6 Å². The second-order valence-electron chi connectivity index (χ2n) is 11.7. The summed E-state index contributed by atoms with van der Waals surface area (Å²) in [7, 11) is 0. The monoisotopic (exact) mass is 545 g/mol. The number of hydrogen-bond acceptors (Lipinski definition) is 6. The van der Waals surface area contributed by atoms with Crippen molar-refractivity contribution in [2.45, 2.75) is 72.0 Å². The van der Waals surface area contributed by atoms with Gasteiger partial charge in [0.1, 0.15) is 0 Å². The van der Waals surface area contributed by atoms with Crippen LogP contribution in [0.25, 0.3) is 11.1 Å². The summed E-state index contributed by atoms with van der Waals surface area (Å²) in [5, 5.41) is 19.6. The third-order valence-corrected chi connectivity index (χ3v) is 7.57. The summed E-state index contributed by atoms with van der Waals surface area (Å²) >= 11 is 0. The Morgan fingerprint density at radius 1 is 1.10 bits per heavy atom. The fraction of sp³-hybridized carbons (Fsp3) is 0.433. The van der Waals surface area contributed by atoms with Crippen LogP contribution in [0.2, 0.25) is 0 Å². The van der Waals surface area contributed by atoms with Gasteiger partial charge in [0.05, 0.1) is 17.4 Å². The predicted octanol–water partition coefficient (Wildman–Crippen LogP) is 4.34. The lowest BCUT2D eigenvalue weighted by Crippen LogP contribution is -2.50. The summed E-state index contributed by atoms with van der Waals surface area (Å²) in [4.78, 5) is 43.9. The van der Waals surface area contributed by atoms with Gasteiger partial charge in [-0.25, -0.2) is 9.59 Å². The highest BCUT2D eigenvalue weighted by molar-refractivity contribution is 5.92. The fourth-order valence-electron chi connectivity index (χ4n) is 5.43. The first-order valence-corrected chi connectivity index (χ1v) is 13.5. The van der Waals surface area contributed by atoms with Crippen LogP contribution >= 0.6 is 0 Å². The minimum Gasteiger partial charge on any atom is -0.478 e. The second kappa shape index (κ2) is 10.4. The van der Waals surface area contributed by atoms with Gasteiger partial charge in [-0.05, 0) is 86.9 Å². The molecule has 3 aromatic rings. The van der Waals surface area contributed by atoms with E-state index in [1.165, 1.54) is 0 Å². The zero-order chi connectivity index (χ0) is 28.8. The van der Waals surface area contributed by atoms with Gasteiger partial charge in [0.15, 0.2) is 5.82 Å². The van der Waals surface area contributed by atoms with Crippen molar-refractivity contribution in [3.63, 3.8) is 0 Å². The third kappa shape index (κ3) is 5.57. The van der Waals surface area contributed by atoms with Crippen LogP contribution in [-0.4, -0.2) is 50.1 Å². The molecule has 2 heterocycles. The molecular weight excluding hydrogens is 510 g/mol. The van der Waals surface area contributed by atoms with E-state index in [1.807, 2.05) is 45.9 Å². The van der Waals surface area contributed by atoms with E-state index in [2.05, 4.69) is 20.8 Å². The minimum atomic E-state index is -0.966. The number of rotatable bonds is 6. The molecule has 2 aliphatic rings. The highest BCUT2D eigenvalue weighted by atomic mass is 16.5. The molecule has 3 amide bonds. The molecule has 0 spiro atoms. The topological polar surface area (TPSA) is 138 Å². The number of benzene rings is 2. The molecule has 3 N–H and O–H groups in total. The maximum Gasteiger partial charge on any atom is 0.335 e. The van der Waals surface area contributed by atoms with Crippen molar-refractivity contribution in [1.29, 1.82) is 0 Å². The first kappa shape index (κ1) is 27.4. The third-order valence-electron chi connectivity index (χ3n) is 7.57. The molecule has 210 valence electrons. The number of fused-ring (bicyclic) bond motifs is 1. The number of aryl methyl sites for hydroxylation is 1. The number of nitrogens with zero attached hydrogens (tertiary/aromatic N) is 3. The van der Waals surface area contributed by atoms with Gasteiger partial charge in [-0.2, -0.15) is 4.98 Å². The SMILES string of the molecule is Cc1noc([C@@H]2C[C@H]2C(=O)NCc2ccc(-c3cccc(C(=O)O)c3C)c3c2CN(C(=O)NC(C)(C)C)CC3)n1. The number of amides is 3. The number of hydrogen-bond donors (Lipinski definition) is 3. The molecule has 1 aliphatic heterocycles. The van der Waals surface area contributed by atoms with Crippen LogP contribution in [0.15, 0.2) is 34.9 Å². The van der Waals surface area contributed by atoms with E-state index < -0.39 is 5.97 Å². The fourth-order valence-corrected chi connectivity index (χ4v) is 5.43. The number of carbonyl (C=O) groups is 3. The van der Waals surface area contributed by atoms with E-state index in [0.717, 1.165) is 27.8 Å². The van der Waals surface area contributed by atoms with E-state index >= 15 is 0 Å². The quantitative estimate of drug-likeness (QED) is 0.419. The van der Waals surface area contributed by atoms with Crippen molar-refractivity contribution >= 4 is 17.9 Å². The molecule has 1 fully saturated rings. The Hall–Kier alpha value is -4.21. The van der Waals surface area contributed by atoms with E-state index in [0.29, 0.717) is 49.8 Å². The number of aromatic nitrogens is 2. The molecule has 0 saturated heterocycles. The van der Waals surface area contributed by atoms with Crippen molar-refractivity contribution < 1.29 is 24.0 Å². The van der Waals surface area contributed by atoms with Gasteiger partial charge in [0, 0.05) is 25.2 Å². The Labute approximate surface area is 233 Å². The van der Waals surface area contributed by atoms with Gasteiger partial charge in [0.2, 0.25) is 11.8 Å². The van der Waals surface area contributed by atoms with Gasteiger partial charge in [-0.15, -0.1) is 0 Å². The molecule has 0 unspecified atom stereocenters. The number of carboxylic acids is 1. The summed E-state index contributed by atoms with van der Waals surface area (Å²) < 4.78 is 5.24. The molecule has 1 aromatic heterocycles. The van der Waals surface area contributed by atoms with Crippen LogP contribution in [0.3, 0.4) is 0 Å². The van der Waals surface area contributed by atoms with Gasteiger partial charge in [-0.3, -0.25) is 4.79 Å². The zero-order valence-corrected chi connectivity index (χ0v) is 23.5. The first-order chi connectivity index (χ1) is 18.9. The molecule has 0 bridgehead atoms. The van der Waals surface area contributed by atoms with Gasteiger partial charge >= 0.3 is 12.0 Å². The van der Waals surface area contributed by atoms with Crippen LogP contribution in [0.4, 0.5) is 4.79 Å². The average Bonchev–Trinajstić information content (AvgIpc) is 3.58. The summed E-state index contributed by atoms with van der Waals surface area (Å²) in [5.74, 6) is -0.242. The number of aromatic carboxylic acids is 1. The Balaban J connectivity index is 1.43. The molecule has 40 heavy (non-hydrogen) atoms. The molecule has 0 radical (unpaired) electrons. The number of carboxylic acid groups (broad SMARTS) is 1. The molecule has 5 rings (SSSR count). The van der Waals surface area contributed by atoms with Crippen LogP contribution in [0.5, 0.6) is 0 Å². The largest absolute Gasteiger partial charge is 0.478 e. The average molecular weight is 546 g/mol. The molecule has 2 aromatic carbocycles. The molecule has 10 heteroatoms. The van der Waals surface area contributed by atoms with E-state index in [4.69, 9.17) is 4.52 Å². The van der Waals surface area contributed by atoms with Crippen molar-refractivity contribution in [1.82, 2.24) is 25.7 Å². The molecular formula is C30H35N5O5. The normalized spacial score (nSPS) is 18.2. The molecule has 1 aliphatic carbocycles. The lowest BCUT2D eigenvalue weighted by molar-refractivity contribution is -0.122. The second-order valence-corrected chi connectivity index (χ2v) is 11.7. The van der Waals surface area contributed by atoms with Crippen LogP contribution in [0.1, 0.15) is 77.4 Å². The first-order valence-electron chi connectivity index (χ1n) is 13.5. The van der Waals surface area contributed by atoms with E-state index in [1.54, 1.807) is 24.0 Å². The molecule has 2 atom stereocenters. The zero-order valence-electron chi connectivity index (χ0n) is 23.5. The van der Waals surface area contributed by atoms with E-state index in [-0.39, 0.29) is 34.9 Å². The molecule has 10 nitrogen and oxygen atoms in total. The standard InChI is InChI=1S/C30H35N5O5/c1-16-19(7-6-8-20(16)28(37)38)21-10-9-18(14-31-26(36)23-13-24(23)27-32-17(2)34-40-27)25-15-35(12-11-22(21)25)29(39)33-30(3,4)5/h6-10,23-24H,11-15H2,1-5H3,(H,31,36)(H,33,39)(H,37,38)/t23-,24-/m1/s1. The van der Waals surface area contributed by atoms with Crippen LogP contribution in [0, 0.1) is 19.8 Å². The Morgan fingerprint density at radius 3 is 2.55 bits per heavy atom. The maximum absolute atomic E-state index is 13.1. The lowest BCUT2D eigenvalue weighted by atomic mass is 9.85. The highest BCUT2D eigenvalue weighted by Gasteiger charge is 2.47. The van der Waals surface area contributed by atoms with Crippen LogP contribution in [-0.2, 0) is 24.3 Å².